The molecule has 11 heteroatoms. The van der Waals surface area contributed by atoms with Gasteiger partial charge in [0.1, 0.15) is 35.7 Å². The third kappa shape index (κ3) is 3.72. The van der Waals surface area contributed by atoms with Gasteiger partial charge in [0.05, 0.1) is 12.0 Å². The van der Waals surface area contributed by atoms with E-state index in [1.54, 1.807) is 0 Å². The van der Waals surface area contributed by atoms with Gasteiger partial charge in [-0.25, -0.2) is 0 Å². The van der Waals surface area contributed by atoms with Crippen molar-refractivity contribution >= 4 is 11.0 Å². The maximum absolute atomic E-state index is 12.4. The van der Waals surface area contributed by atoms with Gasteiger partial charge in [0.25, 0.3) is 0 Å². The third-order valence-corrected chi connectivity index (χ3v) is 5.16. The summed E-state index contributed by atoms with van der Waals surface area (Å²) in [5.74, 6) is -1.80. The van der Waals surface area contributed by atoms with Crippen LogP contribution in [0.4, 0.5) is 0 Å². The second-order valence-corrected chi connectivity index (χ2v) is 7.29. The minimum atomic E-state index is -1.68. The number of aromatic hydroxyl groups is 3. The number of ether oxygens (including phenoxy) is 2. The summed E-state index contributed by atoms with van der Waals surface area (Å²) in [7, 11) is 0. The maximum Gasteiger partial charge on any atom is 0.235 e. The predicted octanol–water partition coefficient (Wildman–Crippen LogP) is -0.245. The number of rotatable bonds is 4. The van der Waals surface area contributed by atoms with Gasteiger partial charge in [-0.05, 0) is 30.3 Å². The molecular weight excluding hydrogens is 428 g/mol. The van der Waals surface area contributed by atoms with Gasteiger partial charge in [-0.3, -0.25) is 4.79 Å². The Hall–Kier alpha value is -3.35. The molecular formula is C21H20O11. The first-order valence-corrected chi connectivity index (χ1v) is 9.50. The Morgan fingerprint density at radius 1 is 0.938 bits per heavy atom. The van der Waals surface area contributed by atoms with E-state index < -0.39 is 54.2 Å². The lowest BCUT2D eigenvalue weighted by Gasteiger charge is -2.39. The van der Waals surface area contributed by atoms with E-state index in [4.69, 9.17) is 13.9 Å². The van der Waals surface area contributed by atoms with Crippen LogP contribution in [0.1, 0.15) is 0 Å². The van der Waals surface area contributed by atoms with E-state index in [-0.39, 0.29) is 33.8 Å². The van der Waals surface area contributed by atoms with Crippen molar-refractivity contribution in [3.05, 3.63) is 46.6 Å². The summed E-state index contributed by atoms with van der Waals surface area (Å²) in [5.41, 5.74) is -0.616. The number of hydrogen-bond acceptors (Lipinski definition) is 11. The molecule has 0 amide bonds. The van der Waals surface area contributed by atoms with Crippen LogP contribution in [-0.4, -0.2) is 73.1 Å². The topological polar surface area (TPSA) is 190 Å². The zero-order valence-corrected chi connectivity index (χ0v) is 16.3. The van der Waals surface area contributed by atoms with Crippen LogP contribution in [-0.2, 0) is 4.74 Å². The maximum atomic E-state index is 12.4. The normalized spacial score (nSPS) is 25.7. The quantitative estimate of drug-likeness (QED) is 0.279. The summed E-state index contributed by atoms with van der Waals surface area (Å²) in [4.78, 5) is 12.4. The first-order chi connectivity index (χ1) is 15.2. The molecule has 5 atom stereocenters. The van der Waals surface area contributed by atoms with Crippen LogP contribution < -0.4 is 10.2 Å². The van der Waals surface area contributed by atoms with Crippen LogP contribution in [0.15, 0.2) is 45.6 Å². The molecule has 0 radical (unpaired) electrons. The summed E-state index contributed by atoms with van der Waals surface area (Å²) in [5, 5.41) is 69.3. The molecule has 2 heterocycles. The molecule has 0 spiro atoms. The molecule has 170 valence electrons. The number of phenolic OH excluding ortho intramolecular Hbond substituents is 2. The molecule has 1 fully saturated rings. The SMILES string of the molecule is O=c1c(O)c(-c2ccc(OC3OC(CO)C(O)C(O)C3O)c(O)c2)oc2cc(O)ccc12. The zero-order valence-electron chi connectivity index (χ0n) is 16.3. The lowest BCUT2D eigenvalue weighted by molar-refractivity contribution is -0.277. The summed E-state index contributed by atoms with van der Waals surface area (Å²) in [6.07, 6.45) is -7.61. The van der Waals surface area contributed by atoms with Crippen LogP contribution in [0.2, 0.25) is 0 Å². The first kappa shape index (κ1) is 21.9. The average Bonchev–Trinajstić information content (AvgIpc) is 2.77. The van der Waals surface area contributed by atoms with Crippen LogP contribution >= 0.6 is 0 Å². The van der Waals surface area contributed by atoms with E-state index >= 15 is 0 Å². The lowest BCUT2D eigenvalue weighted by atomic mass is 9.99. The van der Waals surface area contributed by atoms with E-state index in [0.717, 1.165) is 6.07 Å². The van der Waals surface area contributed by atoms with Crippen molar-refractivity contribution in [2.45, 2.75) is 30.7 Å². The fourth-order valence-corrected chi connectivity index (χ4v) is 3.42. The molecule has 2 aromatic carbocycles. The second-order valence-electron chi connectivity index (χ2n) is 7.29. The highest BCUT2D eigenvalue weighted by Crippen LogP contribution is 2.37. The molecule has 7 N–H and O–H groups in total. The zero-order chi connectivity index (χ0) is 23.2. The van der Waals surface area contributed by atoms with E-state index in [1.807, 2.05) is 0 Å². The molecule has 0 bridgehead atoms. The van der Waals surface area contributed by atoms with E-state index in [2.05, 4.69) is 0 Å². The van der Waals surface area contributed by atoms with Crippen molar-refractivity contribution in [3.63, 3.8) is 0 Å². The number of phenols is 2. The highest BCUT2D eigenvalue weighted by atomic mass is 16.7. The molecule has 5 unspecified atom stereocenters. The molecule has 0 aliphatic carbocycles. The first-order valence-electron chi connectivity index (χ1n) is 9.50. The fourth-order valence-electron chi connectivity index (χ4n) is 3.42. The van der Waals surface area contributed by atoms with Crippen LogP contribution in [0, 0.1) is 0 Å². The number of hydrogen-bond donors (Lipinski definition) is 7. The molecule has 1 aromatic heterocycles. The highest BCUT2D eigenvalue weighted by molar-refractivity contribution is 5.83. The molecule has 32 heavy (non-hydrogen) atoms. The number of benzene rings is 2. The molecule has 1 saturated heterocycles. The number of aliphatic hydroxyl groups is 4. The molecule has 4 rings (SSSR count). The van der Waals surface area contributed by atoms with Gasteiger partial charge in [0.2, 0.25) is 17.5 Å². The largest absolute Gasteiger partial charge is 0.508 e. The van der Waals surface area contributed by atoms with E-state index in [1.165, 1.54) is 30.3 Å². The van der Waals surface area contributed by atoms with E-state index in [9.17, 15) is 40.5 Å². The van der Waals surface area contributed by atoms with Crippen molar-refractivity contribution in [2.75, 3.05) is 6.61 Å². The second kappa shape index (κ2) is 8.30. The standard InChI is InChI=1S/C21H20O11/c22-7-14-16(26)17(27)19(29)21(32-14)31-12-4-1-8(5-11(12)24)20-18(28)15(25)10-3-2-9(23)6-13(10)30-20/h1-6,14,16-17,19,21-24,26-29H,7H2. The van der Waals surface area contributed by atoms with Crippen molar-refractivity contribution in [3.8, 4) is 34.3 Å². The molecule has 3 aromatic rings. The minimum Gasteiger partial charge on any atom is -0.508 e. The van der Waals surface area contributed by atoms with Crippen molar-refractivity contribution in [1.82, 2.24) is 0 Å². The molecule has 11 nitrogen and oxygen atoms in total. The van der Waals surface area contributed by atoms with Gasteiger partial charge in [-0.2, -0.15) is 0 Å². The van der Waals surface area contributed by atoms with Crippen molar-refractivity contribution in [2.24, 2.45) is 0 Å². The van der Waals surface area contributed by atoms with Crippen molar-refractivity contribution < 1.29 is 49.6 Å². The third-order valence-electron chi connectivity index (χ3n) is 5.16. The average molecular weight is 448 g/mol. The monoisotopic (exact) mass is 448 g/mol. The number of fused-ring (bicyclic) bond motifs is 1. The summed E-state index contributed by atoms with van der Waals surface area (Å²) < 4.78 is 16.2. The Kier molecular flexibility index (Phi) is 5.67. The molecule has 1 aliphatic rings. The summed E-state index contributed by atoms with van der Waals surface area (Å²) >= 11 is 0. The van der Waals surface area contributed by atoms with Gasteiger partial charge >= 0.3 is 0 Å². The van der Waals surface area contributed by atoms with Gasteiger partial charge in [0, 0.05) is 11.6 Å². The van der Waals surface area contributed by atoms with E-state index in [0.29, 0.717) is 0 Å². The minimum absolute atomic E-state index is 0.0175. The Bertz CT molecular complexity index is 1200. The van der Waals surface area contributed by atoms with Crippen molar-refractivity contribution in [1.29, 1.82) is 0 Å². The summed E-state index contributed by atoms with van der Waals surface area (Å²) in [6.45, 7) is -0.647. The Morgan fingerprint density at radius 3 is 2.38 bits per heavy atom. The van der Waals surface area contributed by atoms with Crippen LogP contribution in [0.25, 0.3) is 22.3 Å². The van der Waals surface area contributed by atoms with Crippen LogP contribution in [0.3, 0.4) is 0 Å². The Morgan fingerprint density at radius 2 is 1.69 bits per heavy atom. The smallest absolute Gasteiger partial charge is 0.235 e. The van der Waals surface area contributed by atoms with Crippen LogP contribution in [0.5, 0.6) is 23.0 Å². The van der Waals surface area contributed by atoms with Gasteiger partial charge < -0.3 is 49.6 Å². The lowest BCUT2D eigenvalue weighted by Crippen LogP contribution is -2.60. The highest BCUT2D eigenvalue weighted by Gasteiger charge is 2.44. The number of aliphatic hydroxyl groups excluding tert-OH is 4. The molecule has 1 aliphatic heterocycles. The van der Waals surface area contributed by atoms with Gasteiger partial charge in [-0.1, -0.05) is 0 Å². The van der Waals surface area contributed by atoms with Gasteiger partial charge in [0.15, 0.2) is 17.3 Å². The van der Waals surface area contributed by atoms with Gasteiger partial charge in [-0.15, -0.1) is 0 Å². The summed E-state index contributed by atoms with van der Waals surface area (Å²) in [6, 6.07) is 7.47. The predicted molar refractivity (Wildman–Crippen MR) is 107 cm³/mol. The molecule has 0 saturated carbocycles. The fraction of sp³-hybridized carbons (Fsp3) is 0.286. The Labute approximate surface area is 179 Å². The Balaban J connectivity index is 1.66.